The van der Waals surface area contributed by atoms with Crippen LogP contribution < -0.4 is 0 Å². The van der Waals surface area contributed by atoms with Crippen molar-refractivity contribution in [1.82, 2.24) is 14.5 Å². The van der Waals surface area contributed by atoms with E-state index in [4.69, 9.17) is 0 Å². The number of thiophene rings is 1. The Morgan fingerprint density at radius 3 is 2.80 bits per heavy atom. The number of nitrogens with zero attached hydrogens (tertiary/aromatic N) is 3. The van der Waals surface area contributed by atoms with Gasteiger partial charge in [0.25, 0.3) is 0 Å². The van der Waals surface area contributed by atoms with Crippen LogP contribution >= 0.6 is 11.3 Å². The van der Waals surface area contributed by atoms with Crippen molar-refractivity contribution in [1.29, 1.82) is 0 Å². The Balaban J connectivity index is 1.65. The largest absolute Gasteiger partial charge is 0.312 e. The van der Waals surface area contributed by atoms with Gasteiger partial charge >= 0.3 is 0 Å². The molecule has 0 unspecified atom stereocenters. The summed E-state index contributed by atoms with van der Waals surface area (Å²) in [5, 5.41) is 8.41. The lowest BCUT2D eigenvalue weighted by atomic mass is 10.0. The molecule has 4 heteroatoms. The van der Waals surface area contributed by atoms with Gasteiger partial charge in [-0.15, -0.1) is 11.3 Å². The molecule has 4 heterocycles. The molecule has 0 bridgehead atoms. The molecule has 0 atom stereocenters. The van der Waals surface area contributed by atoms with E-state index in [-0.39, 0.29) is 0 Å². The highest BCUT2D eigenvalue weighted by atomic mass is 32.1. The number of hydrogen-bond donors (Lipinski definition) is 0. The Bertz CT molecular complexity index is 1400. The average molecular weight is 410 g/mol. The van der Waals surface area contributed by atoms with Gasteiger partial charge in [-0.2, -0.15) is 0 Å². The summed E-state index contributed by atoms with van der Waals surface area (Å²) in [6.45, 7) is 4.29. The SMILES string of the molecule is Cc1ccc2c(c1)c1c(n2-c2cscc2-c2cncc3ccccc23)CCN(C)C1. The number of fused-ring (bicyclic) bond motifs is 4. The zero-order valence-electron chi connectivity index (χ0n) is 17.2. The van der Waals surface area contributed by atoms with Crippen LogP contribution in [0.4, 0.5) is 0 Å². The summed E-state index contributed by atoms with van der Waals surface area (Å²) in [5.74, 6) is 0. The van der Waals surface area contributed by atoms with Gasteiger partial charge in [0.2, 0.25) is 0 Å². The van der Waals surface area contributed by atoms with Gasteiger partial charge in [-0.3, -0.25) is 4.98 Å². The molecule has 1 aliphatic heterocycles. The van der Waals surface area contributed by atoms with Crippen LogP contribution in [0.1, 0.15) is 16.8 Å². The van der Waals surface area contributed by atoms with Crippen molar-refractivity contribution in [2.75, 3.05) is 13.6 Å². The fraction of sp³-hybridized carbons (Fsp3) is 0.192. The highest BCUT2D eigenvalue weighted by molar-refractivity contribution is 7.08. The van der Waals surface area contributed by atoms with Gasteiger partial charge in [-0.1, -0.05) is 35.9 Å². The lowest BCUT2D eigenvalue weighted by molar-refractivity contribution is 0.311. The standard InChI is InChI=1S/C26H23N3S/c1-17-7-8-24-20(11-17)22-14-28(2)10-9-25(22)29(24)26-16-30-15-23(26)21-13-27-12-18-5-3-4-6-19(18)21/h3-8,11-13,15-16H,9-10,14H2,1-2H3. The van der Waals surface area contributed by atoms with Gasteiger partial charge in [-0.05, 0) is 37.1 Å². The topological polar surface area (TPSA) is 21.1 Å². The first kappa shape index (κ1) is 17.9. The van der Waals surface area contributed by atoms with E-state index in [1.165, 1.54) is 55.3 Å². The highest BCUT2D eigenvalue weighted by Gasteiger charge is 2.25. The van der Waals surface area contributed by atoms with Gasteiger partial charge < -0.3 is 9.47 Å². The van der Waals surface area contributed by atoms with E-state index in [0.717, 1.165) is 19.5 Å². The summed E-state index contributed by atoms with van der Waals surface area (Å²) in [4.78, 5) is 6.98. The number of hydrogen-bond acceptors (Lipinski definition) is 3. The van der Waals surface area contributed by atoms with Gasteiger partial charge in [0.05, 0.1) is 11.2 Å². The summed E-state index contributed by atoms with van der Waals surface area (Å²) in [6, 6.07) is 15.4. The van der Waals surface area contributed by atoms with Crippen LogP contribution in [0, 0.1) is 6.92 Å². The third-order valence-corrected chi connectivity index (χ3v) is 7.07. The first-order valence-electron chi connectivity index (χ1n) is 10.4. The summed E-state index contributed by atoms with van der Waals surface area (Å²) in [6.07, 6.45) is 5.04. The molecule has 0 fully saturated rings. The maximum atomic E-state index is 4.55. The Kier molecular flexibility index (Phi) is 4.05. The molecule has 6 rings (SSSR count). The van der Waals surface area contributed by atoms with Crippen molar-refractivity contribution in [2.24, 2.45) is 0 Å². The summed E-state index contributed by atoms with van der Waals surface area (Å²) < 4.78 is 2.52. The van der Waals surface area contributed by atoms with Crippen LogP contribution in [0.5, 0.6) is 0 Å². The average Bonchev–Trinajstić information content (AvgIpc) is 3.35. The molecule has 2 aromatic carbocycles. The minimum Gasteiger partial charge on any atom is -0.312 e. The number of aromatic nitrogens is 2. The molecule has 1 aliphatic rings. The van der Waals surface area contributed by atoms with Crippen LogP contribution in [0.2, 0.25) is 0 Å². The summed E-state index contributed by atoms with van der Waals surface area (Å²) in [5.41, 5.74) is 9.33. The monoisotopic (exact) mass is 409 g/mol. The third kappa shape index (κ3) is 2.64. The molecule has 30 heavy (non-hydrogen) atoms. The second-order valence-electron chi connectivity index (χ2n) is 8.35. The van der Waals surface area contributed by atoms with E-state index in [1.807, 2.05) is 12.4 Å². The molecule has 0 spiro atoms. The van der Waals surface area contributed by atoms with Crippen LogP contribution in [-0.4, -0.2) is 28.0 Å². The van der Waals surface area contributed by atoms with E-state index in [0.29, 0.717) is 0 Å². The third-order valence-electron chi connectivity index (χ3n) is 6.34. The first-order valence-corrected chi connectivity index (χ1v) is 11.4. The van der Waals surface area contributed by atoms with E-state index in [1.54, 1.807) is 11.3 Å². The predicted molar refractivity (Wildman–Crippen MR) is 127 cm³/mol. The second-order valence-corrected chi connectivity index (χ2v) is 9.09. The molecule has 148 valence electrons. The maximum Gasteiger partial charge on any atom is 0.0644 e. The van der Waals surface area contributed by atoms with Gasteiger partial charge in [0.1, 0.15) is 0 Å². The van der Waals surface area contributed by atoms with E-state index >= 15 is 0 Å². The van der Waals surface area contributed by atoms with Crippen LogP contribution in [0.25, 0.3) is 38.5 Å². The Morgan fingerprint density at radius 1 is 0.967 bits per heavy atom. The number of benzene rings is 2. The fourth-order valence-electron chi connectivity index (χ4n) is 4.88. The summed E-state index contributed by atoms with van der Waals surface area (Å²) >= 11 is 1.77. The van der Waals surface area contributed by atoms with Gasteiger partial charge in [-0.25, -0.2) is 0 Å². The lowest BCUT2D eigenvalue weighted by Gasteiger charge is -2.24. The molecule has 0 saturated heterocycles. The molecule has 0 N–H and O–H groups in total. The van der Waals surface area contributed by atoms with Gasteiger partial charge in [0.15, 0.2) is 0 Å². The second kappa shape index (κ2) is 6.79. The van der Waals surface area contributed by atoms with Crippen LogP contribution in [-0.2, 0) is 13.0 Å². The highest BCUT2D eigenvalue weighted by Crippen LogP contribution is 2.40. The molecule has 3 nitrogen and oxygen atoms in total. The smallest absolute Gasteiger partial charge is 0.0644 e. The van der Waals surface area contributed by atoms with E-state index < -0.39 is 0 Å². The Labute approximate surface area is 180 Å². The molecule has 0 amide bonds. The van der Waals surface area contributed by atoms with Crippen molar-refractivity contribution in [3.05, 3.63) is 82.4 Å². The van der Waals surface area contributed by atoms with Crippen LogP contribution in [0.15, 0.2) is 65.6 Å². The molecular formula is C26H23N3S. The zero-order valence-corrected chi connectivity index (χ0v) is 18.0. The quantitative estimate of drug-likeness (QED) is 0.346. The Hall–Kier alpha value is -2.95. The number of aryl methyl sites for hydroxylation is 1. The Morgan fingerprint density at radius 2 is 1.87 bits per heavy atom. The maximum absolute atomic E-state index is 4.55. The van der Waals surface area contributed by atoms with E-state index in [2.05, 4.69) is 81.6 Å². The van der Waals surface area contributed by atoms with Crippen molar-refractivity contribution < 1.29 is 0 Å². The minimum absolute atomic E-state index is 1.01. The molecule has 0 saturated carbocycles. The predicted octanol–water partition coefficient (Wildman–Crippen LogP) is 6.20. The number of likely N-dealkylation sites (N-methyl/N-ethyl adjacent to an activating group) is 1. The van der Waals surface area contributed by atoms with E-state index in [9.17, 15) is 0 Å². The van der Waals surface area contributed by atoms with Crippen molar-refractivity contribution in [2.45, 2.75) is 19.9 Å². The first-order chi connectivity index (χ1) is 14.7. The molecule has 5 aromatic rings. The number of rotatable bonds is 2. The fourth-order valence-corrected chi connectivity index (χ4v) is 5.69. The van der Waals surface area contributed by atoms with Crippen molar-refractivity contribution in [3.8, 4) is 16.8 Å². The van der Waals surface area contributed by atoms with Gasteiger partial charge in [0, 0.05) is 70.3 Å². The molecule has 0 radical (unpaired) electrons. The van der Waals surface area contributed by atoms with Crippen molar-refractivity contribution in [3.63, 3.8) is 0 Å². The summed E-state index contributed by atoms with van der Waals surface area (Å²) in [7, 11) is 2.22. The molecule has 0 aliphatic carbocycles. The normalized spacial score (nSPS) is 14.5. The van der Waals surface area contributed by atoms with Crippen molar-refractivity contribution >= 4 is 33.0 Å². The molecular weight excluding hydrogens is 386 g/mol. The lowest BCUT2D eigenvalue weighted by Crippen LogP contribution is -2.27. The minimum atomic E-state index is 1.01. The zero-order chi connectivity index (χ0) is 20.2. The number of pyridine rings is 1. The van der Waals surface area contributed by atoms with Crippen LogP contribution in [0.3, 0.4) is 0 Å². The molecule has 3 aromatic heterocycles.